The lowest BCUT2D eigenvalue weighted by molar-refractivity contribution is 0.594. The lowest BCUT2D eigenvalue weighted by Crippen LogP contribution is -2.09. The van der Waals surface area contributed by atoms with Gasteiger partial charge in [-0.05, 0) is 34.9 Å². The van der Waals surface area contributed by atoms with Crippen molar-refractivity contribution >= 4 is 20.6 Å². The van der Waals surface area contributed by atoms with Crippen LogP contribution < -0.4 is 0 Å². The fraction of sp³-hybridized carbons (Fsp3) is 0.158. The second kappa shape index (κ2) is 4.96. The predicted molar refractivity (Wildman–Crippen MR) is 88.7 cm³/mol. The Kier molecular flexibility index (Phi) is 3.05. The smallest absolute Gasteiger partial charge is 0.181 e. The van der Waals surface area contributed by atoms with Crippen molar-refractivity contribution in [2.24, 2.45) is 0 Å². The topological polar surface area (TPSA) is 34.1 Å². The fourth-order valence-corrected chi connectivity index (χ4v) is 5.03. The zero-order chi connectivity index (χ0) is 15.2. The highest BCUT2D eigenvalue weighted by Crippen LogP contribution is 2.48. The molecule has 1 fully saturated rings. The summed E-state index contributed by atoms with van der Waals surface area (Å²) in [4.78, 5) is 0.439. The van der Waals surface area contributed by atoms with E-state index in [0.717, 1.165) is 22.8 Å². The third kappa shape index (κ3) is 2.22. The normalized spacial score (nSPS) is 20.9. The highest BCUT2D eigenvalue weighted by Gasteiger charge is 2.48. The van der Waals surface area contributed by atoms with Crippen LogP contribution in [0.1, 0.15) is 17.9 Å². The summed E-state index contributed by atoms with van der Waals surface area (Å²) in [7, 11) is -3.25. The maximum Gasteiger partial charge on any atom is 0.181 e. The third-order valence-electron chi connectivity index (χ3n) is 4.41. The fourth-order valence-electron chi connectivity index (χ4n) is 3.08. The quantitative estimate of drug-likeness (QED) is 0.728. The van der Waals surface area contributed by atoms with Gasteiger partial charge in [-0.1, -0.05) is 60.7 Å². The van der Waals surface area contributed by atoms with Crippen molar-refractivity contribution in [3.8, 4) is 0 Å². The van der Waals surface area contributed by atoms with Gasteiger partial charge in [0.1, 0.15) is 0 Å². The van der Waals surface area contributed by atoms with E-state index in [9.17, 15) is 8.42 Å². The molecular formula is C19H16O2S. The van der Waals surface area contributed by atoms with Crippen LogP contribution in [0, 0.1) is 0 Å². The van der Waals surface area contributed by atoms with Crippen molar-refractivity contribution in [2.45, 2.75) is 22.5 Å². The van der Waals surface area contributed by atoms with E-state index < -0.39 is 9.84 Å². The molecule has 0 aromatic heterocycles. The monoisotopic (exact) mass is 308 g/mol. The third-order valence-corrected chi connectivity index (χ3v) is 6.64. The molecule has 0 unspecified atom stereocenters. The molecule has 0 radical (unpaired) electrons. The number of hydrogen-bond acceptors (Lipinski definition) is 2. The summed E-state index contributed by atoms with van der Waals surface area (Å²) >= 11 is 0. The van der Waals surface area contributed by atoms with Gasteiger partial charge in [-0.3, -0.25) is 0 Å². The summed E-state index contributed by atoms with van der Waals surface area (Å²) < 4.78 is 25.6. The van der Waals surface area contributed by atoms with Gasteiger partial charge in [-0.25, -0.2) is 8.42 Å². The highest BCUT2D eigenvalue weighted by atomic mass is 32.2. The first kappa shape index (κ1) is 13.5. The van der Waals surface area contributed by atoms with Crippen molar-refractivity contribution < 1.29 is 8.42 Å². The second-order valence-electron chi connectivity index (χ2n) is 5.85. The molecule has 0 saturated heterocycles. The Morgan fingerprint density at radius 3 is 2.23 bits per heavy atom. The van der Waals surface area contributed by atoms with Crippen molar-refractivity contribution in [1.82, 2.24) is 0 Å². The Balaban J connectivity index is 1.69. The van der Waals surface area contributed by atoms with E-state index in [2.05, 4.69) is 0 Å². The molecule has 3 aromatic rings. The molecule has 110 valence electrons. The van der Waals surface area contributed by atoms with Crippen molar-refractivity contribution in [1.29, 1.82) is 0 Å². The first-order valence-corrected chi connectivity index (χ1v) is 8.98. The lowest BCUT2D eigenvalue weighted by Gasteiger charge is -2.06. The SMILES string of the molecule is O=S(=O)(c1ccc2ccccc2c1)[C@@H]1C[C@@H]1c1ccccc1. The summed E-state index contributed by atoms with van der Waals surface area (Å²) in [6.07, 6.45) is 0.721. The Morgan fingerprint density at radius 1 is 0.773 bits per heavy atom. The molecule has 4 rings (SSSR count). The largest absolute Gasteiger partial charge is 0.223 e. The number of fused-ring (bicyclic) bond motifs is 1. The Labute approximate surface area is 130 Å². The van der Waals surface area contributed by atoms with E-state index in [1.807, 2.05) is 60.7 Å². The van der Waals surface area contributed by atoms with Gasteiger partial charge < -0.3 is 0 Å². The van der Waals surface area contributed by atoms with Crippen LogP contribution in [0.15, 0.2) is 77.7 Å². The van der Waals surface area contributed by atoms with Crippen LogP contribution in [-0.2, 0) is 9.84 Å². The van der Waals surface area contributed by atoms with Crippen LogP contribution in [-0.4, -0.2) is 13.7 Å². The number of rotatable bonds is 3. The minimum absolute atomic E-state index is 0.137. The van der Waals surface area contributed by atoms with Crippen molar-refractivity contribution in [3.63, 3.8) is 0 Å². The maximum atomic E-state index is 12.8. The maximum absolute atomic E-state index is 12.8. The molecule has 1 aliphatic carbocycles. The van der Waals surface area contributed by atoms with Gasteiger partial charge in [0.05, 0.1) is 10.1 Å². The number of hydrogen-bond donors (Lipinski definition) is 0. The summed E-state index contributed by atoms with van der Waals surface area (Å²) in [6, 6.07) is 23.2. The zero-order valence-electron chi connectivity index (χ0n) is 12.0. The van der Waals surface area contributed by atoms with Gasteiger partial charge in [0.2, 0.25) is 0 Å². The minimum Gasteiger partial charge on any atom is -0.223 e. The predicted octanol–water partition coefficient (Wildman–Crippen LogP) is 4.17. The van der Waals surface area contributed by atoms with E-state index >= 15 is 0 Å². The van der Waals surface area contributed by atoms with Gasteiger partial charge in [-0.15, -0.1) is 0 Å². The van der Waals surface area contributed by atoms with E-state index in [1.165, 1.54) is 0 Å². The standard InChI is InChI=1S/C19H16O2S/c20-22(21,19-13-18(19)15-7-2-1-3-8-15)17-11-10-14-6-4-5-9-16(14)12-17/h1-12,18-19H,13H2/t18-,19-/m1/s1. The van der Waals surface area contributed by atoms with Crippen molar-refractivity contribution in [2.75, 3.05) is 0 Å². The molecule has 0 amide bonds. The minimum atomic E-state index is -3.25. The summed E-state index contributed by atoms with van der Waals surface area (Å²) in [5.41, 5.74) is 1.12. The number of benzene rings is 3. The second-order valence-corrected chi connectivity index (χ2v) is 8.01. The molecular weight excluding hydrogens is 292 g/mol. The Morgan fingerprint density at radius 2 is 1.45 bits per heavy atom. The van der Waals surface area contributed by atoms with Crippen LogP contribution in [0.25, 0.3) is 10.8 Å². The summed E-state index contributed by atoms with van der Waals surface area (Å²) in [6.45, 7) is 0. The average molecular weight is 308 g/mol. The molecule has 3 heteroatoms. The molecule has 3 aromatic carbocycles. The first-order valence-electron chi connectivity index (χ1n) is 7.44. The molecule has 0 N–H and O–H groups in total. The zero-order valence-corrected chi connectivity index (χ0v) is 12.8. The lowest BCUT2D eigenvalue weighted by atomic mass is 10.1. The van der Waals surface area contributed by atoms with Crippen molar-refractivity contribution in [3.05, 3.63) is 78.4 Å². The first-order chi connectivity index (χ1) is 10.7. The Hall–Kier alpha value is -2.13. The van der Waals surface area contributed by atoms with Crippen LogP contribution in [0.3, 0.4) is 0 Å². The molecule has 0 bridgehead atoms. The summed E-state index contributed by atoms with van der Waals surface area (Å²) in [5.74, 6) is 0.137. The van der Waals surface area contributed by atoms with Crippen LogP contribution in [0.4, 0.5) is 0 Å². The van der Waals surface area contributed by atoms with Gasteiger partial charge in [0.15, 0.2) is 9.84 Å². The van der Waals surface area contributed by atoms with Gasteiger partial charge >= 0.3 is 0 Å². The van der Waals surface area contributed by atoms with E-state index in [0.29, 0.717) is 4.90 Å². The number of sulfone groups is 1. The van der Waals surface area contributed by atoms with Gasteiger partial charge in [-0.2, -0.15) is 0 Å². The molecule has 0 spiro atoms. The average Bonchev–Trinajstić information content (AvgIpc) is 3.37. The molecule has 22 heavy (non-hydrogen) atoms. The Bertz CT molecular complexity index is 930. The van der Waals surface area contributed by atoms with Gasteiger partial charge in [0, 0.05) is 5.92 Å². The highest BCUT2D eigenvalue weighted by molar-refractivity contribution is 7.92. The summed E-state index contributed by atoms with van der Waals surface area (Å²) in [5, 5.41) is 1.76. The van der Waals surface area contributed by atoms with Gasteiger partial charge in [0.25, 0.3) is 0 Å². The van der Waals surface area contributed by atoms with Crippen LogP contribution in [0.2, 0.25) is 0 Å². The van der Waals surface area contributed by atoms with Crippen LogP contribution in [0.5, 0.6) is 0 Å². The molecule has 2 atom stereocenters. The molecule has 1 aliphatic rings. The molecule has 0 heterocycles. The molecule has 1 saturated carbocycles. The van der Waals surface area contributed by atoms with E-state index in [-0.39, 0.29) is 11.2 Å². The van der Waals surface area contributed by atoms with Crippen LogP contribution >= 0.6 is 0 Å². The molecule has 2 nitrogen and oxygen atoms in total. The molecule has 0 aliphatic heterocycles. The van der Waals surface area contributed by atoms with E-state index in [4.69, 9.17) is 0 Å². The van der Waals surface area contributed by atoms with E-state index in [1.54, 1.807) is 12.1 Å².